The van der Waals surface area contributed by atoms with Gasteiger partial charge in [-0.1, -0.05) is 296 Å². The van der Waals surface area contributed by atoms with Gasteiger partial charge in [-0.25, -0.2) is 4.57 Å². The average Bonchev–Trinajstić information content (AvgIpc) is 3.30. The molecule has 1 amide bonds. The van der Waals surface area contributed by atoms with Crippen LogP contribution < -0.4 is 11.1 Å². The van der Waals surface area contributed by atoms with Gasteiger partial charge in [0.2, 0.25) is 5.91 Å². The van der Waals surface area contributed by atoms with Gasteiger partial charge in [0, 0.05) is 13.0 Å². The Morgan fingerprint density at radius 3 is 1.09 bits per heavy atom. The highest BCUT2D eigenvalue weighted by Gasteiger charge is 2.27. The fraction of sp³-hybridized carbons (Fsp3) is 0.946. The number of unbranched alkanes of at least 4 members (excludes halogenated alkanes) is 43. The van der Waals surface area contributed by atoms with Gasteiger partial charge in [-0.3, -0.25) is 13.8 Å². The number of carbonyl (C=O) groups excluding carboxylic acids is 1. The normalized spacial score (nSPS) is 13.7. The summed E-state index contributed by atoms with van der Waals surface area (Å²) < 4.78 is 22.2. The first-order valence-electron chi connectivity index (χ1n) is 28.8. The molecule has 65 heavy (non-hydrogen) atoms. The summed E-state index contributed by atoms with van der Waals surface area (Å²) in [6.45, 7) is 4.18. The van der Waals surface area contributed by atoms with Crippen molar-refractivity contribution in [2.45, 2.75) is 321 Å². The van der Waals surface area contributed by atoms with Crippen molar-refractivity contribution >= 4 is 13.7 Å². The molecule has 0 aromatic carbocycles. The molecule has 0 aliphatic heterocycles. The molecule has 0 heterocycles. The minimum absolute atomic E-state index is 0.0816. The van der Waals surface area contributed by atoms with Crippen LogP contribution in [0.1, 0.15) is 309 Å². The summed E-state index contributed by atoms with van der Waals surface area (Å²) in [6.07, 6.45) is 63.2. The number of phosphoric ester groups is 1. The first kappa shape index (κ1) is 64.2. The van der Waals surface area contributed by atoms with Crippen molar-refractivity contribution < 1.29 is 28.4 Å². The van der Waals surface area contributed by atoms with Gasteiger partial charge in [0.1, 0.15) is 0 Å². The minimum atomic E-state index is -4.34. The second kappa shape index (κ2) is 52.6. The smallest absolute Gasteiger partial charge is 0.387 e. The van der Waals surface area contributed by atoms with Crippen LogP contribution in [0.5, 0.6) is 0 Å². The monoisotopic (exact) mass is 941 g/mol. The fourth-order valence-corrected chi connectivity index (χ4v) is 9.78. The van der Waals surface area contributed by atoms with Gasteiger partial charge in [-0.15, -0.1) is 0 Å². The van der Waals surface area contributed by atoms with Crippen LogP contribution in [0.4, 0.5) is 0 Å². The largest absolute Gasteiger partial charge is 0.472 e. The molecule has 388 valence electrons. The molecular weight excluding hydrogens is 828 g/mol. The van der Waals surface area contributed by atoms with E-state index in [1.54, 1.807) is 6.08 Å². The van der Waals surface area contributed by atoms with E-state index in [1.165, 1.54) is 250 Å². The van der Waals surface area contributed by atoms with E-state index in [0.29, 0.717) is 6.42 Å². The molecule has 0 fully saturated rings. The first-order valence-corrected chi connectivity index (χ1v) is 30.3. The lowest BCUT2D eigenvalue weighted by Crippen LogP contribution is -2.45. The third kappa shape index (κ3) is 50.9. The van der Waals surface area contributed by atoms with Crippen molar-refractivity contribution in [1.29, 1.82) is 0 Å². The number of carbonyl (C=O) groups is 1. The van der Waals surface area contributed by atoms with E-state index in [9.17, 15) is 19.4 Å². The molecular formula is C56H113N2O6P. The van der Waals surface area contributed by atoms with E-state index < -0.39 is 20.0 Å². The second-order valence-electron chi connectivity index (χ2n) is 19.9. The standard InChI is InChI=1S/C56H113N2O6P/c1-3-5-7-9-11-13-15-17-18-19-20-21-22-23-24-25-26-27-28-29-30-31-32-33-34-35-36-38-40-42-44-46-48-50-56(60)58-54(53-64-65(61,62)63-52-51-57)55(59)49-47-45-43-41-39-37-16-14-12-10-8-6-4-2/h47,49,54-55,59H,3-46,48,50-53,57H2,1-2H3,(H,58,60)(H,61,62)/b49-47+/t54-,55+/m0/s1. The van der Waals surface area contributed by atoms with Crippen LogP contribution in [0.2, 0.25) is 0 Å². The summed E-state index contributed by atoms with van der Waals surface area (Å²) in [5.41, 5.74) is 5.39. The summed E-state index contributed by atoms with van der Waals surface area (Å²) in [7, 11) is -4.34. The molecule has 0 aromatic heterocycles. The Bertz CT molecular complexity index is 1030. The Morgan fingerprint density at radius 2 is 0.785 bits per heavy atom. The SMILES string of the molecule is CCCCCCCCCCCCC/C=C/[C@@H](O)[C@H](COP(=O)(O)OCCN)NC(=O)CCCCCCCCCCCCCCCCCCCCCCCCCCCCCCCCCCC. The summed E-state index contributed by atoms with van der Waals surface area (Å²) in [4.78, 5) is 22.8. The van der Waals surface area contributed by atoms with Crippen LogP contribution in [0, 0.1) is 0 Å². The number of hydrogen-bond acceptors (Lipinski definition) is 6. The predicted octanol–water partition coefficient (Wildman–Crippen LogP) is 17.5. The third-order valence-electron chi connectivity index (χ3n) is 13.4. The van der Waals surface area contributed by atoms with Crippen molar-refractivity contribution in [3.63, 3.8) is 0 Å². The first-order chi connectivity index (χ1) is 31.9. The summed E-state index contributed by atoms with van der Waals surface area (Å²) in [5, 5.41) is 13.7. The highest BCUT2D eigenvalue weighted by atomic mass is 31.2. The lowest BCUT2D eigenvalue weighted by Gasteiger charge is -2.23. The molecule has 0 radical (unpaired) electrons. The lowest BCUT2D eigenvalue weighted by molar-refractivity contribution is -0.123. The molecule has 8 nitrogen and oxygen atoms in total. The molecule has 0 bridgehead atoms. The highest BCUT2D eigenvalue weighted by Crippen LogP contribution is 2.43. The van der Waals surface area contributed by atoms with Gasteiger partial charge in [0.05, 0.1) is 25.4 Å². The number of aliphatic hydroxyl groups excluding tert-OH is 1. The van der Waals surface area contributed by atoms with Crippen molar-refractivity contribution in [2.75, 3.05) is 19.8 Å². The minimum Gasteiger partial charge on any atom is -0.387 e. The van der Waals surface area contributed by atoms with Crippen LogP contribution in [-0.4, -0.2) is 47.8 Å². The predicted molar refractivity (Wildman–Crippen MR) is 282 cm³/mol. The number of hydrogen-bond donors (Lipinski definition) is 4. The number of phosphoric acid groups is 1. The Hall–Kier alpha value is -0.760. The quantitative estimate of drug-likeness (QED) is 0.0271. The van der Waals surface area contributed by atoms with Gasteiger partial charge < -0.3 is 21.1 Å². The molecule has 0 aliphatic rings. The summed E-state index contributed by atoms with van der Waals surface area (Å²) in [6, 6.07) is -0.855. The molecule has 0 spiro atoms. The number of nitrogens with two attached hydrogens (primary N) is 1. The molecule has 3 atom stereocenters. The second-order valence-corrected chi connectivity index (χ2v) is 21.3. The Balaban J connectivity index is 3.79. The van der Waals surface area contributed by atoms with Gasteiger partial charge >= 0.3 is 7.82 Å². The molecule has 9 heteroatoms. The summed E-state index contributed by atoms with van der Waals surface area (Å²) >= 11 is 0. The van der Waals surface area contributed by atoms with Crippen LogP contribution in [-0.2, 0) is 18.4 Å². The van der Waals surface area contributed by atoms with E-state index in [2.05, 4.69) is 19.2 Å². The van der Waals surface area contributed by atoms with Gasteiger partial charge in [0.15, 0.2) is 0 Å². The van der Waals surface area contributed by atoms with Gasteiger partial charge in [0.25, 0.3) is 0 Å². The summed E-state index contributed by atoms with van der Waals surface area (Å²) in [5.74, 6) is -0.187. The molecule has 0 saturated carbocycles. The topological polar surface area (TPSA) is 131 Å². The molecule has 0 aliphatic carbocycles. The zero-order chi connectivity index (χ0) is 47.4. The Kier molecular flexibility index (Phi) is 52.0. The van der Waals surface area contributed by atoms with Crippen LogP contribution >= 0.6 is 7.82 Å². The molecule has 0 saturated heterocycles. The van der Waals surface area contributed by atoms with E-state index >= 15 is 0 Å². The van der Waals surface area contributed by atoms with Gasteiger partial charge in [-0.05, 0) is 19.3 Å². The lowest BCUT2D eigenvalue weighted by atomic mass is 10.0. The third-order valence-corrected chi connectivity index (χ3v) is 14.3. The number of rotatable bonds is 55. The van der Waals surface area contributed by atoms with Crippen molar-refractivity contribution in [2.24, 2.45) is 5.73 Å². The van der Waals surface area contributed by atoms with E-state index in [1.807, 2.05) is 6.08 Å². The fourth-order valence-electron chi connectivity index (χ4n) is 9.02. The average molecular weight is 942 g/mol. The zero-order valence-corrected chi connectivity index (χ0v) is 44.4. The molecule has 1 unspecified atom stereocenters. The van der Waals surface area contributed by atoms with Crippen molar-refractivity contribution in [3.05, 3.63) is 12.2 Å². The van der Waals surface area contributed by atoms with Gasteiger partial charge in [-0.2, -0.15) is 0 Å². The maximum Gasteiger partial charge on any atom is 0.472 e. The van der Waals surface area contributed by atoms with E-state index in [0.717, 1.165) is 38.5 Å². The number of allylic oxidation sites excluding steroid dienone is 1. The number of amides is 1. The Labute approximate surface area is 405 Å². The van der Waals surface area contributed by atoms with E-state index in [-0.39, 0.29) is 25.7 Å². The molecule has 0 aromatic rings. The van der Waals surface area contributed by atoms with Crippen LogP contribution in [0.25, 0.3) is 0 Å². The van der Waals surface area contributed by atoms with Crippen molar-refractivity contribution in [3.8, 4) is 0 Å². The highest BCUT2D eigenvalue weighted by molar-refractivity contribution is 7.47. The molecule has 5 N–H and O–H groups in total. The zero-order valence-electron chi connectivity index (χ0n) is 43.5. The Morgan fingerprint density at radius 1 is 0.492 bits per heavy atom. The number of aliphatic hydroxyl groups is 1. The van der Waals surface area contributed by atoms with E-state index in [4.69, 9.17) is 14.8 Å². The maximum atomic E-state index is 12.8. The molecule has 0 rings (SSSR count). The van der Waals surface area contributed by atoms with Crippen LogP contribution in [0.15, 0.2) is 12.2 Å². The van der Waals surface area contributed by atoms with Crippen molar-refractivity contribution in [1.82, 2.24) is 5.32 Å². The maximum absolute atomic E-state index is 12.8. The van der Waals surface area contributed by atoms with Crippen LogP contribution in [0.3, 0.4) is 0 Å². The number of nitrogens with one attached hydrogen (secondary N) is 1.